The summed E-state index contributed by atoms with van der Waals surface area (Å²) in [6, 6.07) is 13.9. The van der Waals surface area contributed by atoms with Crippen molar-refractivity contribution in [1.29, 1.82) is 0 Å². The Morgan fingerprint density at radius 1 is 1.13 bits per heavy atom. The van der Waals surface area contributed by atoms with Gasteiger partial charge in [0, 0.05) is 17.6 Å². The summed E-state index contributed by atoms with van der Waals surface area (Å²) in [7, 11) is -1.97. The maximum Gasteiger partial charge on any atom is 0.245 e. The van der Waals surface area contributed by atoms with Crippen LogP contribution in [-0.4, -0.2) is 62.8 Å². The van der Waals surface area contributed by atoms with E-state index in [-0.39, 0.29) is 40.0 Å². The van der Waals surface area contributed by atoms with Gasteiger partial charge in [-0.2, -0.15) is 4.31 Å². The van der Waals surface area contributed by atoms with Crippen LogP contribution in [0.15, 0.2) is 53.4 Å². The monoisotopic (exact) mass is 483 g/mol. The Balaban J connectivity index is 1.78. The third-order valence-electron chi connectivity index (χ3n) is 5.41. The summed E-state index contributed by atoms with van der Waals surface area (Å²) in [5, 5.41) is 3.33. The molecule has 0 aromatic heterocycles. The summed E-state index contributed by atoms with van der Waals surface area (Å²) >= 11 is 12.2. The SMILES string of the molecule is CN1CCC(NC(=O)CN(CCc2ccccc2)S(=O)(=O)c2cc(Cl)ccc2Cl)CC1. The largest absolute Gasteiger partial charge is 0.352 e. The third kappa shape index (κ3) is 6.67. The fourth-order valence-electron chi connectivity index (χ4n) is 3.58. The minimum atomic E-state index is -4.02. The van der Waals surface area contributed by atoms with Crippen LogP contribution in [0.2, 0.25) is 10.0 Å². The molecule has 168 valence electrons. The molecule has 0 spiro atoms. The smallest absolute Gasteiger partial charge is 0.245 e. The van der Waals surface area contributed by atoms with Gasteiger partial charge in [-0.25, -0.2) is 8.42 Å². The zero-order valence-electron chi connectivity index (χ0n) is 17.4. The number of nitrogens with one attached hydrogen (secondary N) is 1. The lowest BCUT2D eigenvalue weighted by Gasteiger charge is -2.30. The van der Waals surface area contributed by atoms with Gasteiger partial charge in [-0.3, -0.25) is 4.79 Å². The van der Waals surface area contributed by atoms with Crippen molar-refractivity contribution >= 4 is 39.1 Å². The third-order valence-corrected chi connectivity index (χ3v) is 7.97. The second kappa shape index (κ2) is 10.8. The van der Waals surface area contributed by atoms with Gasteiger partial charge in [0.15, 0.2) is 0 Å². The molecule has 3 rings (SSSR count). The molecule has 1 aliphatic rings. The van der Waals surface area contributed by atoms with E-state index in [1.165, 1.54) is 22.5 Å². The summed E-state index contributed by atoms with van der Waals surface area (Å²) < 4.78 is 28.0. The van der Waals surface area contributed by atoms with Crippen molar-refractivity contribution in [2.24, 2.45) is 0 Å². The quantitative estimate of drug-likeness (QED) is 0.624. The standard InChI is InChI=1S/C22H27Cl2N3O3S/c1-26-12-10-19(11-13-26)25-22(28)16-27(14-9-17-5-3-2-4-6-17)31(29,30)21-15-18(23)7-8-20(21)24/h2-8,15,19H,9-14,16H2,1H3,(H,25,28). The molecule has 6 nitrogen and oxygen atoms in total. The average Bonchev–Trinajstić information content (AvgIpc) is 2.75. The molecule has 1 heterocycles. The number of carbonyl (C=O) groups is 1. The molecule has 31 heavy (non-hydrogen) atoms. The van der Waals surface area contributed by atoms with E-state index in [9.17, 15) is 13.2 Å². The van der Waals surface area contributed by atoms with Gasteiger partial charge in [0.05, 0.1) is 11.6 Å². The Morgan fingerprint density at radius 3 is 2.48 bits per heavy atom. The Kier molecular flexibility index (Phi) is 8.36. The van der Waals surface area contributed by atoms with Crippen LogP contribution in [0.4, 0.5) is 0 Å². The van der Waals surface area contributed by atoms with Crippen molar-refractivity contribution in [3.05, 3.63) is 64.1 Å². The predicted octanol–water partition coefficient (Wildman–Crippen LogP) is 3.44. The van der Waals surface area contributed by atoms with Crippen molar-refractivity contribution in [3.63, 3.8) is 0 Å². The highest BCUT2D eigenvalue weighted by Crippen LogP contribution is 2.28. The highest BCUT2D eigenvalue weighted by molar-refractivity contribution is 7.89. The minimum Gasteiger partial charge on any atom is -0.352 e. The van der Waals surface area contributed by atoms with Gasteiger partial charge in [0.25, 0.3) is 0 Å². The molecule has 2 aromatic carbocycles. The summed E-state index contributed by atoms with van der Waals surface area (Å²) in [5.41, 5.74) is 0.982. The first kappa shape index (κ1) is 24.0. The fraction of sp³-hybridized carbons (Fsp3) is 0.409. The maximum atomic E-state index is 13.4. The Hall–Kier alpha value is -1.64. The van der Waals surface area contributed by atoms with Gasteiger partial charge in [0.2, 0.25) is 15.9 Å². The fourth-order valence-corrected chi connectivity index (χ4v) is 5.72. The Bertz CT molecular complexity index is 994. The van der Waals surface area contributed by atoms with Gasteiger partial charge >= 0.3 is 0 Å². The Morgan fingerprint density at radius 2 is 1.81 bits per heavy atom. The van der Waals surface area contributed by atoms with E-state index in [1.54, 1.807) is 0 Å². The molecule has 1 amide bonds. The van der Waals surface area contributed by atoms with Gasteiger partial charge in [-0.05, 0) is 63.2 Å². The van der Waals surface area contributed by atoms with E-state index in [2.05, 4.69) is 10.2 Å². The Labute approximate surface area is 194 Å². The van der Waals surface area contributed by atoms with Crippen molar-refractivity contribution in [1.82, 2.24) is 14.5 Å². The maximum absolute atomic E-state index is 13.4. The second-order valence-corrected chi connectivity index (χ2v) is 10.5. The molecular formula is C22H27Cl2N3O3S. The first-order valence-corrected chi connectivity index (χ1v) is 12.4. The van der Waals surface area contributed by atoms with E-state index in [0.29, 0.717) is 6.42 Å². The van der Waals surface area contributed by atoms with Crippen LogP contribution in [0.5, 0.6) is 0 Å². The van der Waals surface area contributed by atoms with Crippen LogP contribution in [0.25, 0.3) is 0 Å². The van der Waals surface area contributed by atoms with E-state index in [4.69, 9.17) is 23.2 Å². The topological polar surface area (TPSA) is 69.7 Å². The average molecular weight is 484 g/mol. The molecule has 1 aliphatic heterocycles. The number of piperidine rings is 1. The second-order valence-electron chi connectivity index (χ2n) is 7.79. The number of nitrogens with zero attached hydrogens (tertiary/aromatic N) is 2. The lowest BCUT2D eigenvalue weighted by molar-refractivity contribution is -0.122. The number of hydrogen-bond acceptors (Lipinski definition) is 4. The highest BCUT2D eigenvalue weighted by Gasteiger charge is 2.29. The summed E-state index contributed by atoms with van der Waals surface area (Å²) in [6.07, 6.45) is 2.16. The summed E-state index contributed by atoms with van der Waals surface area (Å²) in [4.78, 5) is 14.9. The molecule has 0 radical (unpaired) electrons. The highest BCUT2D eigenvalue weighted by atomic mass is 35.5. The molecule has 2 aromatic rings. The summed E-state index contributed by atoms with van der Waals surface area (Å²) in [5.74, 6) is -0.315. The van der Waals surface area contributed by atoms with E-state index >= 15 is 0 Å². The van der Waals surface area contributed by atoms with Crippen LogP contribution in [-0.2, 0) is 21.2 Å². The number of halogens is 2. The van der Waals surface area contributed by atoms with Crippen LogP contribution in [0, 0.1) is 0 Å². The molecular weight excluding hydrogens is 457 g/mol. The molecule has 1 saturated heterocycles. The molecule has 1 fully saturated rings. The number of rotatable bonds is 8. The zero-order chi connectivity index (χ0) is 22.4. The van der Waals surface area contributed by atoms with Crippen molar-refractivity contribution in [2.45, 2.75) is 30.2 Å². The van der Waals surface area contributed by atoms with Crippen molar-refractivity contribution < 1.29 is 13.2 Å². The van der Waals surface area contributed by atoms with E-state index < -0.39 is 10.0 Å². The predicted molar refractivity (Wildman–Crippen MR) is 124 cm³/mol. The molecule has 0 bridgehead atoms. The number of hydrogen-bond donors (Lipinski definition) is 1. The van der Waals surface area contributed by atoms with Gasteiger partial charge in [-0.15, -0.1) is 0 Å². The van der Waals surface area contributed by atoms with Crippen molar-refractivity contribution in [3.8, 4) is 0 Å². The zero-order valence-corrected chi connectivity index (χ0v) is 19.8. The van der Waals surface area contributed by atoms with Crippen LogP contribution in [0.1, 0.15) is 18.4 Å². The van der Waals surface area contributed by atoms with Crippen molar-refractivity contribution in [2.75, 3.05) is 33.2 Å². The van der Waals surface area contributed by atoms with Crippen LogP contribution < -0.4 is 5.32 Å². The molecule has 0 aliphatic carbocycles. The lowest BCUT2D eigenvalue weighted by Crippen LogP contribution is -2.48. The molecule has 0 unspecified atom stereocenters. The first-order valence-electron chi connectivity index (χ1n) is 10.2. The molecule has 1 N–H and O–H groups in total. The normalized spacial score (nSPS) is 15.9. The first-order chi connectivity index (χ1) is 14.8. The minimum absolute atomic E-state index is 0.0529. The van der Waals surface area contributed by atoms with E-state index in [0.717, 1.165) is 31.5 Å². The van der Waals surface area contributed by atoms with Gasteiger partial charge in [-0.1, -0.05) is 53.5 Å². The van der Waals surface area contributed by atoms with Crippen LogP contribution >= 0.6 is 23.2 Å². The number of sulfonamides is 1. The molecule has 0 saturated carbocycles. The van der Waals surface area contributed by atoms with Gasteiger partial charge < -0.3 is 10.2 Å². The number of likely N-dealkylation sites (tertiary alicyclic amines) is 1. The number of amides is 1. The molecule has 0 atom stereocenters. The molecule has 9 heteroatoms. The van der Waals surface area contributed by atoms with Gasteiger partial charge in [0.1, 0.15) is 4.90 Å². The summed E-state index contributed by atoms with van der Waals surface area (Å²) in [6.45, 7) is 1.68. The van der Waals surface area contributed by atoms with Crippen LogP contribution in [0.3, 0.4) is 0 Å². The number of benzene rings is 2. The van der Waals surface area contributed by atoms with E-state index in [1.807, 2.05) is 37.4 Å². The lowest BCUT2D eigenvalue weighted by atomic mass is 10.1. The number of carbonyl (C=O) groups excluding carboxylic acids is 1.